The number of ether oxygens (including phenoxy) is 1. The molecule has 112 valence electrons. The van der Waals surface area contributed by atoms with E-state index >= 15 is 0 Å². The molecule has 0 amide bonds. The molecule has 0 saturated carbocycles. The summed E-state index contributed by atoms with van der Waals surface area (Å²) in [5, 5.41) is 38.1. The molecule has 3 rings (SSSR count). The predicted molar refractivity (Wildman–Crippen MR) is 77.1 cm³/mol. The lowest BCUT2D eigenvalue weighted by Gasteiger charge is -2.07. The van der Waals surface area contributed by atoms with Crippen molar-refractivity contribution in [2.45, 2.75) is 6.92 Å². The number of hydrogen-bond donors (Lipinski definition) is 4. The van der Waals surface area contributed by atoms with Gasteiger partial charge in [0.05, 0.1) is 5.56 Å². The van der Waals surface area contributed by atoms with Crippen LogP contribution in [0.25, 0.3) is 5.57 Å². The first-order chi connectivity index (χ1) is 10.4. The maximum atomic E-state index is 12.3. The van der Waals surface area contributed by atoms with Gasteiger partial charge in [-0.1, -0.05) is 6.07 Å². The lowest BCUT2D eigenvalue weighted by Crippen LogP contribution is -2.01. The summed E-state index contributed by atoms with van der Waals surface area (Å²) >= 11 is 0. The Kier molecular flexibility index (Phi) is 2.95. The fourth-order valence-corrected chi connectivity index (χ4v) is 2.25. The van der Waals surface area contributed by atoms with Crippen LogP contribution in [0, 0.1) is 0 Å². The fraction of sp³-hybridized carbons (Fsp3) is 0.0625. The highest BCUT2D eigenvalue weighted by atomic mass is 16.5. The standard InChI is InChI=1S/C16H12O6/c1-7(8-2-4-10(17)12(19)6-8)15-13(20)9-3-5-11(18)14(21)16(9)22-15/h2-6,17-19,21H,1H3/b15-7+. The summed E-state index contributed by atoms with van der Waals surface area (Å²) in [5.41, 5.74) is 1.05. The monoisotopic (exact) mass is 300 g/mol. The minimum atomic E-state index is -0.498. The summed E-state index contributed by atoms with van der Waals surface area (Å²) in [4.78, 5) is 12.3. The normalized spacial score (nSPS) is 15.4. The minimum Gasteiger partial charge on any atom is -0.504 e. The van der Waals surface area contributed by atoms with Gasteiger partial charge in [0, 0.05) is 5.57 Å². The van der Waals surface area contributed by atoms with Crippen molar-refractivity contribution >= 4 is 11.4 Å². The number of benzene rings is 2. The van der Waals surface area contributed by atoms with E-state index in [1.165, 1.54) is 30.3 Å². The van der Waals surface area contributed by atoms with Crippen LogP contribution in [0.2, 0.25) is 0 Å². The Labute approximate surface area is 125 Å². The Morgan fingerprint density at radius 3 is 2.32 bits per heavy atom. The van der Waals surface area contributed by atoms with Gasteiger partial charge >= 0.3 is 0 Å². The van der Waals surface area contributed by atoms with E-state index in [1.807, 2.05) is 0 Å². The number of fused-ring (bicyclic) bond motifs is 1. The van der Waals surface area contributed by atoms with Crippen LogP contribution in [0.4, 0.5) is 0 Å². The number of phenolic OH excluding ortho intramolecular Hbond substituents is 4. The van der Waals surface area contributed by atoms with E-state index in [9.17, 15) is 25.2 Å². The van der Waals surface area contributed by atoms with Gasteiger partial charge in [0.15, 0.2) is 28.8 Å². The zero-order valence-electron chi connectivity index (χ0n) is 11.5. The van der Waals surface area contributed by atoms with E-state index in [4.69, 9.17) is 4.74 Å². The van der Waals surface area contributed by atoms with Crippen molar-refractivity contribution in [2.24, 2.45) is 0 Å². The van der Waals surface area contributed by atoms with Gasteiger partial charge in [-0.25, -0.2) is 0 Å². The van der Waals surface area contributed by atoms with Gasteiger partial charge in [-0.2, -0.15) is 0 Å². The number of Topliss-reactive ketones (excluding diaryl/α,β-unsaturated/α-hetero) is 1. The molecule has 1 aliphatic heterocycles. The van der Waals surface area contributed by atoms with Gasteiger partial charge in [-0.3, -0.25) is 4.79 Å². The largest absolute Gasteiger partial charge is 0.504 e. The maximum Gasteiger partial charge on any atom is 0.232 e. The average Bonchev–Trinajstić information content (AvgIpc) is 2.83. The summed E-state index contributed by atoms with van der Waals surface area (Å²) in [6.45, 7) is 1.61. The molecule has 0 aliphatic carbocycles. The van der Waals surface area contributed by atoms with Crippen molar-refractivity contribution in [3.8, 4) is 28.7 Å². The van der Waals surface area contributed by atoms with Gasteiger partial charge in [0.25, 0.3) is 0 Å². The van der Waals surface area contributed by atoms with Crippen LogP contribution in [0.1, 0.15) is 22.8 Å². The van der Waals surface area contributed by atoms with Crippen molar-refractivity contribution in [1.29, 1.82) is 0 Å². The van der Waals surface area contributed by atoms with Crippen LogP contribution >= 0.6 is 0 Å². The van der Waals surface area contributed by atoms with Crippen LogP contribution in [-0.4, -0.2) is 26.2 Å². The third kappa shape index (κ3) is 1.93. The highest BCUT2D eigenvalue weighted by Gasteiger charge is 2.33. The van der Waals surface area contributed by atoms with E-state index in [0.717, 1.165) is 0 Å². The molecule has 6 heteroatoms. The second-order valence-electron chi connectivity index (χ2n) is 4.90. The Bertz CT molecular complexity index is 835. The number of ketones is 1. The molecule has 6 nitrogen and oxygen atoms in total. The second kappa shape index (κ2) is 4.70. The quantitative estimate of drug-likeness (QED) is 0.476. The molecule has 2 aromatic rings. The third-order valence-corrected chi connectivity index (χ3v) is 3.51. The molecule has 0 fully saturated rings. The molecule has 0 radical (unpaired) electrons. The average molecular weight is 300 g/mol. The third-order valence-electron chi connectivity index (χ3n) is 3.51. The van der Waals surface area contributed by atoms with Crippen LogP contribution < -0.4 is 4.74 Å². The van der Waals surface area contributed by atoms with Crippen molar-refractivity contribution in [3.05, 3.63) is 47.2 Å². The summed E-state index contributed by atoms with van der Waals surface area (Å²) in [7, 11) is 0. The van der Waals surface area contributed by atoms with Crippen molar-refractivity contribution in [3.63, 3.8) is 0 Å². The van der Waals surface area contributed by atoms with E-state index in [-0.39, 0.29) is 34.3 Å². The number of phenols is 4. The lowest BCUT2D eigenvalue weighted by atomic mass is 10.0. The SMILES string of the molecule is C/C(=C1\Oc2c(ccc(O)c2O)C1=O)c1ccc(O)c(O)c1. The molecule has 4 N–H and O–H groups in total. The molecule has 0 bridgehead atoms. The zero-order chi connectivity index (χ0) is 16.0. The molecule has 0 unspecified atom stereocenters. The molecule has 1 heterocycles. The molecule has 0 aromatic heterocycles. The van der Waals surface area contributed by atoms with E-state index in [0.29, 0.717) is 11.1 Å². The molecule has 0 saturated heterocycles. The van der Waals surface area contributed by atoms with Crippen LogP contribution in [0.5, 0.6) is 28.7 Å². The number of hydrogen-bond acceptors (Lipinski definition) is 6. The number of carbonyl (C=O) groups excluding carboxylic acids is 1. The van der Waals surface area contributed by atoms with E-state index < -0.39 is 11.5 Å². The van der Waals surface area contributed by atoms with E-state index in [2.05, 4.69) is 0 Å². The Balaban J connectivity index is 2.11. The summed E-state index contributed by atoms with van der Waals surface area (Å²) in [5.74, 6) is -2.01. The smallest absolute Gasteiger partial charge is 0.232 e. The highest BCUT2D eigenvalue weighted by molar-refractivity contribution is 6.16. The zero-order valence-corrected chi connectivity index (χ0v) is 11.5. The minimum absolute atomic E-state index is 0.0130. The summed E-state index contributed by atoms with van der Waals surface area (Å²) in [6.07, 6.45) is 0. The van der Waals surface area contributed by atoms with E-state index in [1.54, 1.807) is 6.92 Å². The number of allylic oxidation sites excluding steroid dienone is 2. The molecule has 0 atom stereocenters. The summed E-state index contributed by atoms with van der Waals surface area (Å²) < 4.78 is 5.39. The number of rotatable bonds is 1. The van der Waals surface area contributed by atoms with Crippen LogP contribution in [-0.2, 0) is 0 Å². The van der Waals surface area contributed by atoms with Gasteiger partial charge in [-0.05, 0) is 36.8 Å². The second-order valence-corrected chi connectivity index (χ2v) is 4.90. The van der Waals surface area contributed by atoms with Crippen molar-refractivity contribution in [2.75, 3.05) is 0 Å². The Hall–Kier alpha value is -3.15. The number of carbonyl (C=O) groups is 1. The maximum absolute atomic E-state index is 12.3. The molecule has 2 aromatic carbocycles. The molecule has 0 spiro atoms. The van der Waals surface area contributed by atoms with Gasteiger partial charge in [0.2, 0.25) is 11.5 Å². The summed E-state index contributed by atoms with van der Waals surface area (Å²) in [6, 6.07) is 6.69. The topological polar surface area (TPSA) is 107 Å². The first-order valence-corrected chi connectivity index (χ1v) is 6.41. The van der Waals surface area contributed by atoms with Crippen molar-refractivity contribution < 1.29 is 30.0 Å². The molecular formula is C16H12O6. The first kappa shape index (κ1) is 13.8. The van der Waals surface area contributed by atoms with Crippen LogP contribution in [0.3, 0.4) is 0 Å². The van der Waals surface area contributed by atoms with Crippen molar-refractivity contribution in [1.82, 2.24) is 0 Å². The fourth-order valence-electron chi connectivity index (χ4n) is 2.25. The van der Waals surface area contributed by atoms with Gasteiger partial charge < -0.3 is 25.2 Å². The predicted octanol–water partition coefficient (Wildman–Crippen LogP) is 2.52. The Morgan fingerprint density at radius 1 is 0.955 bits per heavy atom. The highest BCUT2D eigenvalue weighted by Crippen LogP contribution is 2.45. The molecule has 22 heavy (non-hydrogen) atoms. The van der Waals surface area contributed by atoms with Gasteiger partial charge in [-0.15, -0.1) is 0 Å². The molecular weight excluding hydrogens is 288 g/mol. The van der Waals surface area contributed by atoms with Gasteiger partial charge in [0.1, 0.15) is 0 Å². The lowest BCUT2D eigenvalue weighted by molar-refractivity contribution is 0.101. The molecule has 1 aliphatic rings. The number of aromatic hydroxyl groups is 4. The van der Waals surface area contributed by atoms with Crippen LogP contribution in [0.15, 0.2) is 36.1 Å². The first-order valence-electron chi connectivity index (χ1n) is 6.41. The Morgan fingerprint density at radius 2 is 1.64 bits per heavy atom.